The molecule has 2 rings (SSSR count). The number of hydrogen-bond acceptors (Lipinski definition) is 3. The molecule has 0 radical (unpaired) electrons. The van der Waals surface area contributed by atoms with Crippen LogP contribution in [0, 0.1) is 11.6 Å². The number of halogens is 2. The average Bonchev–Trinajstić information content (AvgIpc) is 2.41. The van der Waals surface area contributed by atoms with E-state index in [4.69, 9.17) is 10.9 Å². The van der Waals surface area contributed by atoms with Gasteiger partial charge in [-0.2, -0.15) is 0 Å². The molecule has 1 aromatic heterocycles. The molecule has 0 spiro atoms. The summed E-state index contributed by atoms with van der Waals surface area (Å²) < 4.78 is 27.1. The topological polar surface area (TPSA) is 71.5 Å². The van der Waals surface area contributed by atoms with Crippen molar-refractivity contribution >= 4 is 5.84 Å². The van der Waals surface area contributed by atoms with E-state index in [2.05, 4.69) is 10.1 Å². The summed E-state index contributed by atoms with van der Waals surface area (Å²) in [6, 6.07) is 7.42. The van der Waals surface area contributed by atoms with Crippen LogP contribution in [-0.2, 0) is 6.42 Å². The van der Waals surface area contributed by atoms with E-state index in [9.17, 15) is 8.78 Å². The molecule has 1 aromatic carbocycles. The third-order valence-corrected chi connectivity index (χ3v) is 2.60. The number of pyridine rings is 1. The first kappa shape index (κ1) is 12.9. The highest BCUT2D eigenvalue weighted by molar-refractivity contribution is 5.95. The van der Waals surface area contributed by atoms with Gasteiger partial charge in [-0.05, 0) is 23.3 Å². The van der Waals surface area contributed by atoms with Gasteiger partial charge in [0.05, 0.1) is 0 Å². The maximum Gasteiger partial charge on any atom is 0.191 e. The Bertz CT molecular complexity index is 629. The maximum absolute atomic E-state index is 13.7. The molecule has 0 saturated carbocycles. The summed E-state index contributed by atoms with van der Waals surface area (Å²) in [6.45, 7) is 0. The van der Waals surface area contributed by atoms with E-state index >= 15 is 0 Å². The second-order valence-corrected chi connectivity index (χ2v) is 3.93. The van der Waals surface area contributed by atoms with E-state index in [0.717, 1.165) is 0 Å². The molecule has 0 bridgehead atoms. The molecule has 0 amide bonds. The molecule has 1 heterocycles. The summed E-state index contributed by atoms with van der Waals surface area (Å²) in [4.78, 5) is 3.76. The van der Waals surface area contributed by atoms with Gasteiger partial charge < -0.3 is 10.9 Å². The molecule has 6 heteroatoms. The van der Waals surface area contributed by atoms with E-state index < -0.39 is 11.7 Å². The fourth-order valence-corrected chi connectivity index (χ4v) is 1.67. The predicted molar refractivity (Wildman–Crippen MR) is 65.9 cm³/mol. The Kier molecular flexibility index (Phi) is 3.70. The lowest BCUT2D eigenvalue weighted by Gasteiger charge is -2.05. The molecule has 4 nitrogen and oxygen atoms in total. The van der Waals surface area contributed by atoms with Gasteiger partial charge in [0.2, 0.25) is 0 Å². The quantitative estimate of drug-likeness (QED) is 0.385. The normalized spacial score (nSPS) is 11.6. The van der Waals surface area contributed by atoms with Gasteiger partial charge in [-0.1, -0.05) is 23.4 Å². The SMILES string of the molecule is NC(=NO)c1ncc(Cc2ccccc2F)cc1F. The van der Waals surface area contributed by atoms with E-state index in [0.29, 0.717) is 11.1 Å². The fourth-order valence-electron chi connectivity index (χ4n) is 1.67. The van der Waals surface area contributed by atoms with Gasteiger partial charge >= 0.3 is 0 Å². The van der Waals surface area contributed by atoms with Crippen LogP contribution >= 0.6 is 0 Å². The van der Waals surface area contributed by atoms with E-state index in [1.165, 1.54) is 18.3 Å². The number of rotatable bonds is 3. The molecular formula is C13H11F2N3O. The molecule has 2 aromatic rings. The summed E-state index contributed by atoms with van der Waals surface area (Å²) in [5, 5.41) is 11.1. The molecule has 0 aliphatic carbocycles. The van der Waals surface area contributed by atoms with E-state index in [1.54, 1.807) is 18.2 Å². The van der Waals surface area contributed by atoms with Crippen molar-refractivity contribution in [2.45, 2.75) is 6.42 Å². The number of oxime groups is 1. The minimum absolute atomic E-state index is 0.215. The van der Waals surface area contributed by atoms with Gasteiger partial charge in [-0.15, -0.1) is 0 Å². The Hall–Kier alpha value is -2.50. The Balaban J connectivity index is 2.29. The number of hydrogen-bond donors (Lipinski definition) is 2. The van der Waals surface area contributed by atoms with Crippen LogP contribution in [0.3, 0.4) is 0 Å². The zero-order chi connectivity index (χ0) is 13.8. The first-order valence-corrected chi connectivity index (χ1v) is 5.47. The Labute approximate surface area is 108 Å². The third-order valence-electron chi connectivity index (χ3n) is 2.60. The summed E-state index contributed by atoms with van der Waals surface area (Å²) in [6.07, 6.45) is 1.58. The Morgan fingerprint density at radius 3 is 2.63 bits per heavy atom. The average molecular weight is 263 g/mol. The largest absolute Gasteiger partial charge is 0.409 e. The molecule has 19 heavy (non-hydrogen) atoms. The van der Waals surface area contributed by atoms with Gasteiger partial charge in [0, 0.05) is 12.6 Å². The molecule has 3 N–H and O–H groups in total. The zero-order valence-corrected chi connectivity index (χ0v) is 9.85. The molecule has 0 saturated heterocycles. The van der Waals surface area contributed by atoms with Crippen molar-refractivity contribution in [1.82, 2.24) is 4.98 Å². The zero-order valence-electron chi connectivity index (χ0n) is 9.85. The number of aromatic nitrogens is 1. The molecule has 0 aliphatic heterocycles. The van der Waals surface area contributed by atoms with Crippen molar-refractivity contribution in [3.8, 4) is 0 Å². The van der Waals surface area contributed by atoms with Gasteiger partial charge in [-0.25, -0.2) is 13.8 Å². The highest BCUT2D eigenvalue weighted by atomic mass is 19.1. The van der Waals surface area contributed by atoms with E-state index in [1.807, 2.05) is 0 Å². The maximum atomic E-state index is 13.7. The van der Waals surface area contributed by atoms with Crippen LogP contribution in [0.25, 0.3) is 0 Å². The summed E-state index contributed by atoms with van der Waals surface area (Å²) >= 11 is 0. The first-order valence-electron chi connectivity index (χ1n) is 5.47. The van der Waals surface area contributed by atoms with Crippen molar-refractivity contribution in [2.24, 2.45) is 10.9 Å². The minimum atomic E-state index is -0.718. The number of nitrogens with zero attached hydrogens (tertiary/aromatic N) is 2. The highest BCUT2D eigenvalue weighted by Crippen LogP contribution is 2.14. The summed E-state index contributed by atoms with van der Waals surface area (Å²) in [7, 11) is 0. The van der Waals surface area contributed by atoms with Gasteiger partial charge in [0.15, 0.2) is 11.7 Å². The van der Waals surface area contributed by atoms with Crippen molar-refractivity contribution in [3.05, 3.63) is 65.0 Å². The molecule has 0 aliphatic rings. The second-order valence-electron chi connectivity index (χ2n) is 3.93. The van der Waals surface area contributed by atoms with Crippen LogP contribution in [0.15, 0.2) is 41.7 Å². The van der Waals surface area contributed by atoms with Crippen molar-refractivity contribution in [3.63, 3.8) is 0 Å². The highest BCUT2D eigenvalue weighted by Gasteiger charge is 2.11. The van der Waals surface area contributed by atoms with Crippen LogP contribution in [0.5, 0.6) is 0 Å². The summed E-state index contributed by atoms with van der Waals surface area (Å²) in [5.41, 5.74) is 5.97. The number of amidine groups is 1. The number of benzene rings is 1. The smallest absolute Gasteiger partial charge is 0.191 e. The van der Waals surface area contributed by atoms with Crippen molar-refractivity contribution < 1.29 is 14.0 Å². The lowest BCUT2D eigenvalue weighted by atomic mass is 10.1. The number of nitrogens with two attached hydrogens (primary N) is 1. The lowest BCUT2D eigenvalue weighted by molar-refractivity contribution is 0.318. The first-order chi connectivity index (χ1) is 9.11. The molecule has 0 atom stereocenters. The van der Waals surface area contributed by atoms with Gasteiger partial charge in [0.25, 0.3) is 0 Å². The van der Waals surface area contributed by atoms with Crippen LogP contribution < -0.4 is 5.73 Å². The summed E-state index contributed by atoms with van der Waals surface area (Å²) in [5.74, 6) is -1.48. The van der Waals surface area contributed by atoms with Crippen molar-refractivity contribution in [2.75, 3.05) is 0 Å². The Morgan fingerprint density at radius 2 is 2.00 bits per heavy atom. The van der Waals surface area contributed by atoms with Crippen molar-refractivity contribution in [1.29, 1.82) is 0 Å². The van der Waals surface area contributed by atoms with Crippen LogP contribution in [0.2, 0.25) is 0 Å². The monoisotopic (exact) mass is 263 g/mol. The standard InChI is InChI=1S/C13H11F2N3O/c14-10-4-2-1-3-9(10)5-8-6-11(15)12(17-7-8)13(16)18-19/h1-4,6-7,19H,5H2,(H2,16,18). The van der Waals surface area contributed by atoms with Crippen LogP contribution in [0.1, 0.15) is 16.8 Å². The molecule has 0 unspecified atom stereocenters. The minimum Gasteiger partial charge on any atom is -0.409 e. The third kappa shape index (κ3) is 2.85. The van der Waals surface area contributed by atoms with Gasteiger partial charge in [0.1, 0.15) is 11.5 Å². The molecular weight excluding hydrogens is 252 g/mol. The molecule has 0 fully saturated rings. The lowest BCUT2D eigenvalue weighted by Crippen LogP contribution is -2.17. The molecule has 98 valence electrons. The fraction of sp³-hybridized carbons (Fsp3) is 0.0769. The van der Waals surface area contributed by atoms with Crippen LogP contribution in [-0.4, -0.2) is 16.0 Å². The van der Waals surface area contributed by atoms with Gasteiger partial charge in [-0.3, -0.25) is 0 Å². The van der Waals surface area contributed by atoms with Crippen LogP contribution in [0.4, 0.5) is 8.78 Å². The van der Waals surface area contributed by atoms with E-state index in [-0.39, 0.29) is 17.9 Å². The second kappa shape index (κ2) is 5.43. The predicted octanol–water partition coefficient (Wildman–Crippen LogP) is 2.05. The Morgan fingerprint density at radius 1 is 1.26 bits per heavy atom.